The molecule has 104 valence electrons. The predicted octanol–water partition coefficient (Wildman–Crippen LogP) is 2.79. The minimum Gasteiger partial charge on any atom is -0.325 e. The number of anilines is 1. The number of halogens is 3. The molecule has 1 atom stereocenters. The monoisotopic (exact) mass is 272 g/mol. The maximum atomic E-state index is 12.5. The van der Waals surface area contributed by atoms with Gasteiger partial charge in [0.15, 0.2) is 0 Å². The maximum absolute atomic E-state index is 12.5. The van der Waals surface area contributed by atoms with Crippen molar-refractivity contribution in [1.82, 2.24) is 5.32 Å². The molecule has 0 radical (unpaired) electrons. The van der Waals surface area contributed by atoms with E-state index in [1.165, 1.54) is 12.1 Å². The zero-order chi connectivity index (χ0) is 13.9. The third-order valence-corrected chi connectivity index (χ3v) is 3.08. The standard InChI is InChI=1S/C13H15F3N2O/c14-13(15,16)9-4-3-5-10(8-9)18-12(19)11-6-1-2-7-17-11/h3-5,8,11,17H,1-2,6-7H2,(H,18,19). The largest absolute Gasteiger partial charge is 0.416 e. The van der Waals surface area contributed by atoms with E-state index in [2.05, 4.69) is 10.6 Å². The first-order valence-corrected chi connectivity index (χ1v) is 6.18. The quantitative estimate of drug-likeness (QED) is 0.869. The Morgan fingerprint density at radius 3 is 2.74 bits per heavy atom. The lowest BCUT2D eigenvalue weighted by molar-refractivity contribution is -0.137. The van der Waals surface area contributed by atoms with E-state index in [-0.39, 0.29) is 17.6 Å². The second kappa shape index (κ2) is 5.61. The van der Waals surface area contributed by atoms with Gasteiger partial charge in [-0.2, -0.15) is 13.2 Å². The molecule has 1 fully saturated rings. The number of carbonyl (C=O) groups excluding carboxylic acids is 1. The first-order chi connectivity index (χ1) is 8.97. The van der Waals surface area contributed by atoms with Crippen molar-refractivity contribution in [3.05, 3.63) is 29.8 Å². The summed E-state index contributed by atoms with van der Waals surface area (Å²) in [4.78, 5) is 11.9. The summed E-state index contributed by atoms with van der Waals surface area (Å²) in [6, 6.07) is 4.35. The zero-order valence-electron chi connectivity index (χ0n) is 10.3. The highest BCUT2D eigenvalue weighted by Gasteiger charge is 2.30. The molecule has 1 heterocycles. The molecule has 6 heteroatoms. The van der Waals surface area contributed by atoms with Gasteiger partial charge in [0.25, 0.3) is 0 Å². The molecule has 0 bridgehead atoms. The van der Waals surface area contributed by atoms with E-state index in [1.807, 2.05) is 0 Å². The van der Waals surface area contributed by atoms with Crippen LogP contribution in [0.15, 0.2) is 24.3 Å². The summed E-state index contributed by atoms with van der Waals surface area (Å²) in [5.41, 5.74) is -0.589. The molecule has 0 spiro atoms. The molecule has 0 aromatic heterocycles. The van der Waals surface area contributed by atoms with E-state index in [0.717, 1.165) is 31.5 Å². The van der Waals surface area contributed by atoms with Crippen LogP contribution in [0.2, 0.25) is 0 Å². The van der Waals surface area contributed by atoms with Gasteiger partial charge in [0.1, 0.15) is 0 Å². The van der Waals surface area contributed by atoms with Gasteiger partial charge in [-0.3, -0.25) is 4.79 Å². The molecule has 2 N–H and O–H groups in total. The van der Waals surface area contributed by atoms with Crippen LogP contribution in [-0.4, -0.2) is 18.5 Å². The number of amides is 1. The SMILES string of the molecule is O=C(Nc1cccc(C(F)(F)F)c1)C1CCCCN1. The van der Waals surface area contributed by atoms with Crippen molar-refractivity contribution >= 4 is 11.6 Å². The Hall–Kier alpha value is -1.56. The average Bonchev–Trinajstić information content (AvgIpc) is 2.39. The van der Waals surface area contributed by atoms with Crippen molar-refractivity contribution in [2.75, 3.05) is 11.9 Å². The molecule has 0 saturated carbocycles. The van der Waals surface area contributed by atoms with Crippen LogP contribution in [0.1, 0.15) is 24.8 Å². The van der Waals surface area contributed by atoms with Crippen LogP contribution in [-0.2, 0) is 11.0 Å². The van der Waals surface area contributed by atoms with Gasteiger partial charge in [0.05, 0.1) is 11.6 Å². The molecule has 1 amide bonds. The summed E-state index contributed by atoms with van der Waals surface area (Å²) in [7, 11) is 0. The average molecular weight is 272 g/mol. The number of benzene rings is 1. The fourth-order valence-electron chi connectivity index (χ4n) is 2.08. The molecule has 1 aliphatic heterocycles. The highest BCUT2D eigenvalue weighted by molar-refractivity contribution is 5.94. The van der Waals surface area contributed by atoms with Crippen LogP contribution in [0, 0.1) is 0 Å². The lowest BCUT2D eigenvalue weighted by Crippen LogP contribution is -2.43. The van der Waals surface area contributed by atoms with E-state index in [0.29, 0.717) is 6.42 Å². The van der Waals surface area contributed by atoms with Crippen molar-refractivity contribution < 1.29 is 18.0 Å². The minimum atomic E-state index is -4.40. The number of piperidine rings is 1. The van der Waals surface area contributed by atoms with E-state index >= 15 is 0 Å². The van der Waals surface area contributed by atoms with Crippen LogP contribution in [0.25, 0.3) is 0 Å². The van der Waals surface area contributed by atoms with E-state index in [4.69, 9.17) is 0 Å². The summed E-state index contributed by atoms with van der Waals surface area (Å²) in [6.45, 7) is 0.765. The summed E-state index contributed by atoms with van der Waals surface area (Å²) in [5, 5.41) is 5.57. The van der Waals surface area contributed by atoms with Crippen molar-refractivity contribution in [3.8, 4) is 0 Å². The van der Waals surface area contributed by atoms with Gasteiger partial charge in [-0.25, -0.2) is 0 Å². The first kappa shape index (κ1) is 13.9. The van der Waals surface area contributed by atoms with Crippen LogP contribution in [0.5, 0.6) is 0 Å². The maximum Gasteiger partial charge on any atom is 0.416 e. The molecule has 1 unspecified atom stereocenters. The lowest BCUT2D eigenvalue weighted by atomic mass is 10.0. The van der Waals surface area contributed by atoms with E-state index in [1.54, 1.807) is 0 Å². The highest BCUT2D eigenvalue weighted by Crippen LogP contribution is 2.30. The number of alkyl halides is 3. The van der Waals surface area contributed by atoms with Crippen molar-refractivity contribution in [3.63, 3.8) is 0 Å². The Balaban J connectivity index is 2.04. The second-order valence-electron chi connectivity index (χ2n) is 4.57. The zero-order valence-corrected chi connectivity index (χ0v) is 10.3. The Kier molecular flexibility index (Phi) is 4.09. The van der Waals surface area contributed by atoms with Gasteiger partial charge in [-0.05, 0) is 37.6 Å². The number of hydrogen-bond donors (Lipinski definition) is 2. The Labute approximate surface area is 109 Å². The fourth-order valence-corrected chi connectivity index (χ4v) is 2.08. The van der Waals surface area contributed by atoms with Gasteiger partial charge in [-0.1, -0.05) is 12.5 Å². The van der Waals surface area contributed by atoms with Crippen molar-refractivity contribution in [2.24, 2.45) is 0 Å². The fraction of sp³-hybridized carbons (Fsp3) is 0.462. The molecule has 19 heavy (non-hydrogen) atoms. The summed E-state index contributed by atoms with van der Waals surface area (Å²) < 4.78 is 37.6. The molecule has 3 nitrogen and oxygen atoms in total. The third kappa shape index (κ3) is 3.70. The molecule has 1 saturated heterocycles. The first-order valence-electron chi connectivity index (χ1n) is 6.18. The normalized spacial score (nSPS) is 20.1. The number of nitrogens with one attached hydrogen (secondary N) is 2. The van der Waals surface area contributed by atoms with Gasteiger partial charge in [-0.15, -0.1) is 0 Å². The van der Waals surface area contributed by atoms with Gasteiger partial charge in [0, 0.05) is 5.69 Å². The van der Waals surface area contributed by atoms with Gasteiger partial charge in [0.2, 0.25) is 5.91 Å². The second-order valence-corrected chi connectivity index (χ2v) is 4.57. The molecular formula is C13H15F3N2O. The molecule has 1 aliphatic rings. The summed E-state index contributed by atoms with van der Waals surface area (Å²) >= 11 is 0. The van der Waals surface area contributed by atoms with Crippen LogP contribution in [0.3, 0.4) is 0 Å². The number of hydrogen-bond acceptors (Lipinski definition) is 2. The lowest BCUT2D eigenvalue weighted by Gasteiger charge is -2.22. The molecule has 1 aromatic carbocycles. The summed E-state index contributed by atoms with van der Waals surface area (Å²) in [6.07, 6.45) is -1.71. The van der Waals surface area contributed by atoms with Crippen LogP contribution >= 0.6 is 0 Å². The molecule has 1 aromatic rings. The molecule has 0 aliphatic carbocycles. The third-order valence-electron chi connectivity index (χ3n) is 3.08. The Morgan fingerprint density at radius 2 is 2.11 bits per heavy atom. The van der Waals surface area contributed by atoms with E-state index < -0.39 is 11.7 Å². The molecular weight excluding hydrogens is 257 g/mol. The topological polar surface area (TPSA) is 41.1 Å². The van der Waals surface area contributed by atoms with Crippen molar-refractivity contribution in [2.45, 2.75) is 31.5 Å². The Bertz CT molecular complexity index is 453. The van der Waals surface area contributed by atoms with Crippen molar-refractivity contribution in [1.29, 1.82) is 0 Å². The molecule has 2 rings (SSSR count). The van der Waals surface area contributed by atoms with Gasteiger partial charge >= 0.3 is 6.18 Å². The minimum absolute atomic E-state index is 0.173. The Morgan fingerprint density at radius 1 is 1.32 bits per heavy atom. The predicted molar refractivity (Wildman–Crippen MR) is 65.7 cm³/mol. The van der Waals surface area contributed by atoms with Crippen LogP contribution < -0.4 is 10.6 Å². The van der Waals surface area contributed by atoms with Crippen LogP contribution in [0.4, 0.5) is 18.9 Å². The summed E-state index contributed by atoms with van der Waals surface area (Å²) in [5.74, 6) is -0.279. The van der Waals surface area contributed by atoms with E-state index in [9.17, 15) is 18.0 Å². The smallest absolute Gasteiger partial charge is 0.325 e. The number of rotatable bonds is 2. The number of carbonyl (C=O) groups is 1. The highest BCUT2D eigenvalue weighted by atomic mass is 19.4. The van der Waals surface area contributed by atoms with Gasteiger partial charge < -0.3 is 10.6 Å².